The Morgan fingerprint density at radius 3 is 2.65 bits per heavy atom. The number of hydrogen-bond acceptors (Lipinski definition) is 3. The molecule has 2 aliphatic rings. The summed E-state index contributed by atoms with van der Waals surface area (Å²) >= 11 is 0. The summed E-state index contributed by atoms with van der Waals surface area (Å²) in [6.45, 7) is 12.1. The molecule has 1 aliphatic carbocycles. The Morgan fingerprint density at radius 2 is 2.00 bits per heavy atom. The molecule has 3 nitrogen and oxygen atoms in total. The Morgan fingerprint density at radius 1 is 1.25 bits per heavy atom. The maximum atomic E-state index is 10.5. The zero-order valence-corrected chi connectivity index (χ0v) is 13.8. The average molecular weight is 283 g/mol. The molecule has 0 aromatic rings. The van der Waals surface area contributed by atoms with Crippen molar-refractivity contribution in [3.05, 3.63) is 0 Å². The Bertz CT molecular complexity index is 305. The summed E-state index contributed by atoms with van der Waals surface area (Å²) in [7, 11) is 0. The fourth-order valence-corrected chi connectivity index (χ4v) is 3.81. The van der Waals surface area contributed by atoms with Crippen molar-refractivity contribution < 1.29 is 9.84 Å². The predicted octanol–water partition coefficient (Wildman–Crippen LogP) is 3.06. The number of ether oxygens (including phenoxy) is 1. The van der Waals surface area contributed by atoms with Crippen LogP contribution < -0.4 is 0 Å². The first-order chi connectivity index (χ1) is 9.47. The summed E-state index contributed by atoms with van der Waals surface area (Å²) < 4.78 is 5.78. The lowest BCUT2D eigenvalue weighted by molar-refractivity contribution is -0.0869. The van der Waals surface area contributed by atoms with Gasteiger partial charge < -0.3 is 9.84 Å². The molecule has 1 saturated carbocycles. The molecule has 4 atom stereocenters. The van der Waals surface area contributed by atoms with E-state index in [1.54, 1.807) is 0 Å². The van der Waals surface area contributed by atoms with Gasteiger partial charge in [0.05, 0.1) is 18.8 Å². The van der Waals surface area contributed by atoms with E-state index in [1.165, 1.54) is 12.8 Å². The first-order valence-electron chi connectivity index (χ1n) is 8.51. The molecule has 1 aliphatic heterocycles. The highest BCUT2D eigenvalue weighted by Gasteiger charge is 2.40. The van der Waals surface area contributed by atoms with Crippen molar-refractivity contribution in [3.63, 3.8) is 0 Å². The third-order valence-corrected chi connectivity index (χ3v) is 5.89. The van der Waals surface area contributed by atoms with Crippen LogP contribution in [-0.4, -0.2) is 48.0 Å². The van der Waals surface area contributed by atoms with E-state index >= 15 is 0 Å². The first-order valence-corrected chi connectivity index (χ1v) is 8.51. The van der Waals surface area contributed by atoms with Crippen LogP contribution in [0, 0.1) is 11.3 Å². The third kappa shape index (κ3) is 3.55. The van der Waals surface area contributed by atoms with Crippen LogP contribution in [0.5, 0.6) is 0 Å². The standard InChI is InChI=1S/C17H33NO2/c1-5-14-12-18(9-10-20-14)15-11-13(7-8-16(15)19)17(3,4)6-2/h13-16,19H,5-12H2,1-4H3. The van der Waals surface area contributed by atoms with Crippen molar-refractivity contribution in [2.45, 2.75) is 78.0 Å². The van der Waals surface area contributed by atoms with Gasteiger partial charge in [0.1, 0.15) is 0 Å². The third-order valence-electron chi connectivity index (χ3n) is 5.89. The van der Waals surface area contributed by atoms with Gasteiger partial charge in [0.2, 0.25) is 0 Å². The van der Waals surface area contributed by atoms with Gasteiger partial charge in [-0.2, -0.15) is 0 Å². The smallest absolute Gasteiger partial charge is 0.0700 e. The molecule has 2 rings (SSSR count). The van der Waals surface area contributed by atoms with Gasteiger partial charge >= 0.3 is 0 Å². The van der Waals surface area contributed by atoms with Crippen LogP contribution >= 0.6 is 0 Å². The Labute approximate surface area is 124 Å². The molecular weight excluding hydrogens is 250 g/mol. The molecule has 1 heterocycles. The molecule has 0 amide bonds. The molecule has 2 fully saturated rings. The molecule has 0 aromatic carbocycles. The van der Waals surface area contributed by atoms with E-state index < -0.39 is 0 Å². The van der Waals surface area contributed by atoms with Crippen molar-refractivity contribution in [3.8, 4) is 0 Å². The van der Waals surface area contributed by atoms with Gasteiger partial charge in [-0.25, -0.2) is 0 Å². The first kappa shape index (κ1) is 16.3. The molecular formula is C17H33NO2. The highest BCUT2D eigenvalue weighted by atomic mass is 16.5. The Hall–Kier alpha value is -0.120. The lowest BCUT2D eigenvalue weighted by Crippen LogP contribution is -2.54. The van der Waals surface area contributed by atoms with Crippen LogP contribution in [0.4, 0.5) is 0 Å². The molecule has 0 spiro atoms. The van der Waals surface area contributed by atoms with Gasteiger partial charge in [-0.05, 0) is 37.0 Å². The molecule has 0 aromatic heterocycles. The number of aliphatic hydroxyl groups excluding tert-OH is 1. The van der Waals surface area contributed by atoms with Crippen LogP contribution in [0.25, 0.3) is 0 Å². The quantitative estimate of drug-likeness (QED) is 0.860. The van der Waals surface area contributed by atoms with E-state index in [0.29, 0.717) is 17.6 Å². The van der Waals surface area contributed by atoms with Crippen LogP contribution in [0.1, 0.15) is 59.8 Å². The summed E-state index contributed by atoms with van der Waals surface area (Å²) in [6, 6.07) is 0.345. The largest absolute Gasteiger partial charge is 0.391 e. The van der Waals surface area contributed by atoms with Crippen molar-refractivity contribution in [2.24, 2.45) is 11.3 Å². The molecule has 1 N–H and O–H groups in total. The molecule has 1 saturated heterocycles. The predicted molar refractivity (Wildman–Crippen MR) is 82.8 cm³/mol. The van der Waals surface area contributed by atoms with Gasteiger partial charge in [0, 0.05) is 19.1 Å². The van der Waals surface area contributed by atoms with Crippen LogP contribution in [0.2, 0.25) is 0 Å². The lowest BCUT2D eigenvalue weighted by Gasteiger charge is -2.47. The SMILES string of the molecule is CCC1CN(C2CC(C(C)(C)CC)CCC2O)CCO1. The summed E-state index contributed by atoms with van der Waals surface area (Å²) in [5, 5.41) is 10.5. The minimum absolute atomic E-state index is 0.144. The zero-order chi connectivity index (χ0) is 14.8. The fraction of sp³-hybridized carbons (Fsp3) is 1.00. The summed E-state index contributed by atoms with van der Waals surface area (Å²) in [6.07, 6.45) is 5.81. The molecule has 4 unspecified atom stereocenters. The lowest BCUT2D eigenvalue weighted by atomic mass is 9.67. The van der Waals surface area contributed by atoms with E-state index in [4.69, 9.17) is 4.74 Å². The average Bonchev–Trinajstić information content (AvgIpc) is 2.47. The molecule has 20 heavy (non-hydrogen) atoms. The van der Waals surface area contributed by atoms with Gasteiger partial charge in [-0.15, -0.1) is 0 Å². The normalized spacial score (nSPS) is 37.0. The zero-order valence-electron chi connectivity index (χ0n) is 13.8. The molecule has 118 valence electrons. The van der Waals surface area contributed by atoms with E-state index in [0.717, 1.165) is 44.9 Å². The highest BCUT2D eigenvalue weighted by molar-refractivity contribution is 4.92. The van der Waals surface area contributed by atoms with Gasteiger partial charge in [0.15, 0.2) is 0 Å². The van der Waals surface area contributed by atoms with E-state index in [2.05, 4.69) is 32.6 Å². The molecule has 0 radical (unpaired) electrons. The molecule has 3 heteroatoms. The number of rotatable bonds is 4. The van der Waals surface area contributed by atoms with Crippen LogP contribution in [0.15, 0.2) is 0 Å². The van der Waals surface area contributed by atoms with Gasteiger partial charge in [0.25, 0.3) is 0 Å². The summed E-state index contributed by atoms with van der Waals surface area (Å²) in [5.74, 6) is 0.740. The maximum absolute atomic E-state index is 10.5. The summed E-state index contributed by atoms with van der Waals surface area (Å²) in [4.78, 5) is 2.50. The highest BCUT2D eigenvalue weighted by Crippen LogP contribution is 2.42. The number of morpholine rings is 1. The van der Waals surface area contributed by atoms with Crippen molar-refractivity contribution in [2.75, 3.05) is 19.7 Å². The fourth-order valence-electron chi connectivity index (χ4n) is 3.81. The van der Waals surface area contributed by atoms with Crippen molar-refractivity contribution >= 4 is 0 Å². The second-order valence-corrected chi connectivity index (χ2v) is 7.38. The van der Waals surface area contributed by atoms with E-state index in [1.807, 2.05) is 0 Å². The van der Waals surface area contributed by atoms with Crippen LogP contribution in [-0.2, 0) is 4.74 Å². The van der Waals surface area contributed by atoms with E-state index in [9.17, 15) is 5.11 Å². The molecule has 0 bridgehead atoms. The van der Waals surface area contributed by atoms with Crippen LogP contribution in [0.3, 0.4) is 0 Å². The maximum Gasteiger partial charge on any atom is 0.0700 e. The Kier molecular flexibility index (Phi) is 5.49. The Balaban J connectivity index is 2.01. The second kappa shape index (κ2) is 6.76. The minimum Gasteiger partial charge on any atom is -0.391 e. The van der Waals surface area contributed by atoms with Crippen molar-refractivity contribution in [1.29, 1.82) is 0 Å². The van der Waals surface area contributed by atoms with Gasteiger partial charge in [-0.1, -0.05) is 34.1 Å². The number of hydrogen-bond donors (Lipinski definition) is 1. The van der Waals surface area contributed by atoms with Crippen molar-refractivity contribution in [1.82, 2.24) is 4.90 Å². The van der Waals surface area contributed by atoms with E-state index in [-0.39, 0.29) is 6.10 Å². The number of nitrogens with zero attached hydrogens (tertiary/aromatic N) is 1. The van der Waals surface area contributed by atoms with Gasteiger partial charge in [-0.3, -0.25) is 4.90 Å². The second-order valence-electron chi connectivity index (χ2n) is 7.38. The monoisotopic (exact) mass is 283 g/mol. The number of aliphatic hydroxyl groups is 1. The minimum atomic E-state index is -0.144. The summed E-state index contributed by atoms with van der Waals surface area (Å²) in [5.41, 5.74) is 0.398. The topological polar surface area (TPSA) is 32.7 Å².